The molecule has 32 heavy (non-hydrogen) atoms. The van der Waals surface area contributed by atoms with Crippen molar-refractivity contribution in [2.24, 2.45) is 7.05 Å². The Morgan fingerprint density at radius 2 is 1.69 bits per heavy atom. The van der Waals surface area contributed by atoms with Crippen molar-refractivity contribution in [2.75, 3.05) is 31.1 Å². The number of nitrogens with zero attached hydrogens (tertiary/aromatic N) is 5. The second-order valence-electron chi connectivity index (χ2n) is 8.19. The van der Waals surface area contributed by atoms with Crippen LogP contribution in [0.2, 0.25) is 5.02 Å². The van der Waals surface area contributed by atoms with Crippen LogP contribution >= 0.6 is 11.6 Å². The van der Waals surface area contributed by atoms with Gasteiger partial charge in [-0.05, 0) is 37.3 Å². The summed E-state index contributed by atoms with van der Waals surface area (Å²) in [5, 5.41) is 6.61. The molecule has 5 rings (SSSR count). The predicted molar refractivity (Wildman–Crippen MR) is 127 cm³/mol. The van der Waals surface area contributed by atoms with Crippen LogP contribution in [0.4, 0.5) is 5.69 Å². The number of rotatable bonds is 3. The molecule has 1 atom stereocenters. The van der Waals surface area contributed by atoms with E-state index in [2.05, 4.69) is 10.00 Å². The van der Waals surface area contributed by atoms with Crippen molar-refractivity contribution in [3.05, 3.63) is 70.1 Å². The maximum absolute atomic E-state index is 13.5. The summed E-state index contributed by atoms with van der Waals surface area (Å²) >= 11 is 6.00. The highest BCUT2D eigenvalue weighted by atomic mass is 35.5. The molecule has 1 unspecified atom stereocenters. The van der Waals surface area contributed by atoms with Gasteiger partial charge in [0.1, 0.15) is 11.6 Å². The van der Waals surface area contributed by atoms with E-state index in [1.165, 1.54) is 4.68 Å². The third kappa shape index (κ3) is 3.33. The quantitative estimate of drug-likeness (QED) is 0.480. The first-order valence-corrected chi connectivity index (χ1v) is 11.1. The molecule has 4 aromatic rings. The summed E-state index contributed by atoms with van der Waals surface area (Å²) < 4.78 is 3.20. The van der Waals surface area contributed by atoms with Gasteiger partial charge in [-0.3, -0.25) is 9.59 Å². The van der Waals surface area contributed by atoms with Crippen LogP contribution in [0.3, 0.4) is 0 Å². The standard InChI is InChI=1S/C24H24ClN5O2/c1-16(23(31)29-13-11-28(12-14-29)18-9-7-17(25)8-10-18)30-21-6-4-3-5-19(21)20-15-26-27(2)24(32)22(20)30/h3-10,15-16H,11-14H2,1-2H3. The highest BCUT2D eigenvalue weighted by molar-refractivity contribution is 6.30. The zero-order valence-corrected chi connectivity index (χ0v) is 18.8. The number of benzene rings is 2. The number of halogens is 1. The van der Waals surface area contributed by atoms with Crippen LogP contribution < -0.4 is 10.5 Å². The summed E-state index contributed by atoms with van der Waals surface area (Å²) in [6.45, 7) is 4.63. The summed E-state index contributed by atoms with van der Waals surface area (Å²) in [6, 6.07) is 15.1. The summed E-state index contributed by atoms with van der Waals surface area (Å²) in [5.41, 5.74) is 2.29. The van der Waals surface area contributed by atoms with Crippen LogP contribution in [0.5, 0.6) is 0 Å². The van der Waals surface area contributed by atoms with Crippen molar-refractivity contribution >= 4 is 45.0 Å². The number of piperazine rings is 1. The lowest BCUT2D eigenvalue weighted by Gasteiger charge is -2.37. The second kappa shape index (κ2) is 7.98. The van der Waals surface area contributed by atoms with E-state index in [4.69, 9.17) is 11.6 Å². The molecule has 2 aromatic carbocycles. The average molecular weight is 450 g/mol. The molecule has 0 bridgehead atoms. The smallest absolute Gasteiger partial charge is 0.291 e. The number of para-hydroxylation sites is 1. The molecule has 1 saturated heterocycles. The zero-order valence-electron chi connectivity index (χ0n) is 18.0. The molecule has 1 fully saturated rings. The lowest BCUT2D eigenvalue weighted by Crippen LogP contribution is -2.50. The van der Waals surface area contributed by atoms with Gasteiger partial charge >= 0.3 is 0 Å². The summed E-state index contributed by atoms with van der Waals surface area (Å²) in [4.78, 5) is 30.6. The highest BCUT2D eigenvalue weighted by Crippen LogP contribution is 2.30. The van der Waals surface area contributed by atoms with Gasteiger partial charge in [0.15, 0.2) is 0 Å². The van der Waals surface area contributed by atoms with E-state index in [0.717, 1.165) is 35.1 Å². The number of hydrogen-bond donors (Lipinski definition) is 0. The molecule has 8 heteroatoms. The lowest BCUT2D eigenvalue weighted by molar-refractivity contribution is -0.134. The van der Waals surface area contributed by atoms with Gasteiger partial charge in [-0.1, -0.05) is 29.8 Å². The van der Waals surface area contributed by atoms with Gasteiger partial charge in [0.25, 0.3) is 5.56 Å². The SMILES string of the molecule is CC(C(=O)N1CCN(c2ccc(Cl)cc2)CC1)n1c2ccccc2c2cnn(C)c(=O)c21. The molecule has 0 aliphatic carbocycles. The Morgan fingerprint density at radius 3 is 2.41 bits per heavy atom. The van der Waals surface area contributed by atoms with Crippen molar-refractivity contribution < 1.29 is 4.79 Å². The molecular weight excluding hydrogens is 426 g/mol. The largest absolute Gasteiger partial charge is 0.368 e. The highest BCUT2D eigenvalue weighted by Gasteiger charge is 2.29. The maximum atomic E-state index is 13.5. The van der Waals surface area contributed by atoms with Crippen molar-refractivity contribution in [3.63, 3.8) is 0 Å². The molecule has 0 radical (unpaired) electrons. The average Bonchev–Trinajstić information content (AvgIpc) is 3.16. The molecule has 0 N–H and O–H groups in total. The van der Waals surface area contributed by atoms with Gasteiger partial charge < -0.3 is 14.4 Å². The number of aryl methyl sites for hydroxylation is 1. The Kier molecular flexibility index (Phi) is 5.13. The molecule has 2 aromatic heterocycles. The van der Waals surface area contributed by atoms with Crippen molar-refractivity contribution in [3.8, 4) is 0 Å². The summed E-state index contributed by atoms with van der Waals surface area (Å²) in [7, 11) is 1.63. The first-order chi connectivity index (χ1) is 15.5. The summed E-state index contributed by atoms with van der Waals surface area (Å²) in [5.74, 6) is 0.0160. The monoisotopic (exact) mass is 449 g/mol. The maximum Gasteiger partial charge on any atom is 0.291 e. The van der Waals surface area contributed by atoms with E-state index < -0.39 is 6.04 Å². The van der Waals surface area contributed by atoms with Gasteiger partial charge in [0.2, 0.25) is 5.91 Å². The molecule has 164 valence electrons. The molecule has 1 aliphatic rings. The van der Waals surface area contributed by atoms with Gasteiger partial charge in [0.05, 0.1) is 11.7 Å². The Hall–Kier alpha value is -3.32. The predicted octanol–water partition coefficient (Wildman–Crippen LogP) is 3.45. The molecular formula is C24H24ClN5O2. The Labute approximate surface area is 190 Å². The Balaban J connectivity index is 1.45. The number of carbonyl (C=O) groups is 1. The van der Waals surface area contributed by atoms with Crippen molar-refractivity contribution in [1.82, 2.24) is 19.2 Å². The minimum atomic E-state index is -0.505. The summed E-state index contributed by atoms with van der Waals surface area (Å²) in [6.07, 6.45) is 1.71. The van der Waals surface area contributed by atoms with Crippen LogP contribution in [-0.4, -0.2) is 51.3 Å². The van der Waals surface area contributed by atoms with E-state index in [1.807, 2.05) is 64.9 Å². The lowest BCUT2D eigenvalue weighted by atomic mass is 10.2. The minimum absolute atomic E-state index is 0.0160. The van der Waals surface area contributed by atoms with E-state index in [1.54, 1.807) is 13.2 Å². The van der Waals surface area contributed by atoms with E-state index in [0.29, 0.717) is 23.6 Å². The van der Waals surface area contributed by atoms with Gasteiger partial charge in [-0.15, -0.1) is 0 Å². The second-order valence-corrected chi connectivity index (χ2v) is 8.62. The molecule has 1 aliphatic heterocycles. The number of amides is 1. The van der Waals surface area contributed by atoms with E-state index in [9.17, 15) is 9.59 Å². The van der Waals surface area contributed by atoms with Gasteiger partial charge in [-0.25, -0.2) is 4.68 Å². The van der Waals surface area contributed by atoms with Gasteiger partial charge in [0, 0.05) is 54.7 Å². The fourth-order valence-corrected chi connectivity index (χ4v) is 4.73. The van der Waals surface area contributed by atoms with Crippen LogP contribution in [0, 0.1) is 0 Å². The fraction of sp³-hybridized carbons (Fsp3) is 0.292. The Morgan fingerprint density at radius 1 is 1.00 bits per heavy atom. The van der Waals surface area contributed by atoms with Crippen LogP contribution in [0.1, 0.15) is 13.0 Å². The number of fused-ring (bicyclic) bond motifs is 3. The van der Waals surface area contributed by atoms with Crippen LogP contribution in [-0.2, 0) is 11.8 Å². The van der Waals surface area contributed by atoms with Crippen molar-refractivity contribution in [2.45, 2.75) is 13.0 Å². The third-order valence-electron chi connectivity index (χ3n) is 6.33. The van der Waals surface area contributed by atoms with E-state index in [-0.39, 0.29) is 11.5 Å². The van der Waals surface area contributed by atoms with Crippen LogP contribution in [0.15, 0.2) is 59.5 Å². The third-order valence-corrected chi connectivity index (χ3v) is 6.59. The van der Waals surface area contributed by atoms with Crippen molar-refractivity contribution in [1.29, 1.82) is 0 Å². The number of hydrogen-bond acceptors (Lipinski definition) is 4. The minimum Gasteiger partial charge on any atom is -0.368 e. The normalized spacial score (nSPS) is 15.5. The first-order valence-electron chi connectivity index (χ1n) is 10.7. The zero-order chi connectivity index (χ0) is 22.4. The molecule has 0 spiro atoms. The number of aromatic nitrogens is 3. The van der Waals surface area contributed by atoms with Gasteiger partial charge in [-0.2, -0.15) is 5.10 Å². The number of anilines is 1. The fourth-order valence-electron chi connectivity index (χ4n) is 4.60. The Bertz CT molecular complexity index is 1370. The molecule has 1 amide bonds. The topological polar surface area (TPSA) is 63.4 Å². The molecule has 7 nitrogen and oxygen atoms in total. The molecule has 3 heterocycles. The first kappa shape index (κ1) is 20.6. The van der Waals surface area contributed by atoms with Crippen LogP contribution in [0.25, 0.3) is 21.8 Å². The molecule has 0 saturated carbocycles. The number of carbonyl (C=O) groups excluding carboxylic acids is 1. The van der Waals surface area contributed by atoms with E-state index >= 15 is 0 Å².